The normalized spacial score (nSPS) is 10.0. The summed E-state index contributed by atoms with van der Waals surface area (Å²) in [5.41, 5.74) is 0.904. The molecule has 0 saturated carbocycles. The van der Waals surface area contributed by atoms with Gasteiger partial charge >= 0.3 is 12.1 Å². The van der Waals surface area contributed by atoms with E-state index in [4.69, 9.17) is 9.47 Å². The van der Waals surface area contributed by atoms with Crippen LogP contribution in [0.25, 0.3) is 0 Å². The number of carbonyl (C=O) groups is 2. The van der Waals surface area contributed by atoms with E-state index < -0.39 is 12.1 Å². The van der Waals surface area contributed by atoms with Crippen LogP contribution in [0.3, 0.4) is 0 Å². The van der Waals surface area contributed by atoms with E-state index in [9.17, 15) is 9.59 Å². The SMILES string of the molecule is CCCCCOC(=O)CN(C)C(=O)OCc1ccccc1. The maximum Gasteiger partial charge on any atom is 0.410 e. The van der Waals surface area contributed by atoms with Crippen LogP contribution in [0.15, 0.2) is 30.3 Å². The maximum atomic E-state index is 11.7. The molecule has 0 aliphatic rings. The van der Waals surface area contributed by atoms with Crippen molar-refractivity contribution in [2.24, 2.45) is 0 Å². The molecule has 5 heteroatoms. The number of benzene rings is 1. The highest BCUT2D eigenvalue weighted by molar-refractivity contribution is 5.77. The van der Waals surface area contributed by atoms with Crippen LogP contribution in [0.2, 0.25) is 0 Å². The highest BCUT2D eigenvalue weighted by Crippen LogP contribution is 2.02. The molecule has 1 aromatic rings. The van der Waals surface area contributed by atoms with Gasteiger partial charge in [-0.05, 0) is 12.0 Å². The Labute approximate surface area is 125 Å². The zero-order chi connectivity index (χ0) is 15.5. The predicted molar refractivity (Wildman–Crippen MR) is 79.7 cm³/mol. The summed E-state index contributed by atoms with van der Waals surface area (Å²) in [6.07, 6.45) is 2.42. The summed E-state index contributed by atoms with van der Waals surface area (Å²) in [5, 5.41) is 0. The molecule has 0 aliphatic heterocycles. The van der Waals surface area contributed by atoms with Crippen LogP contribution in [0.5, 0.6) is 0 Å². The molecule has 5 nitrogen and oxygen atoms in total. The Hall–Kier alpha value is -2.04. The Balaban J connectivity index is 2.22. The van der Waals surface area contributed by atoms with Crippen LogP contribution in [0.4, 0.5) is 4.79 Å². The Kier molecular flexibility index (Phi) is 7.94. The first kappa shape index (κ1) is 17.0. The molecule has 0 spiro atoms. The Morgan fingerprint density at radius 1 is 1.10 bits per heavy atom. The molecule has 0 heterocycles. The molecule has 0 fully saturated rings. The molecule has 116 valence electrons. The fourth-order valence-corrected chi connectivity index (χ4v) is 1.67. The van der Waals surface area contributed by atoms with Gasteiger partial charge in [0.05, 0.1) is 6.61 Å². The van der Waals surface area contributed by atoms with Crippen LogP contribution in [-0.2, 0) is 20.9 Å². The number of hydrogen-bond acceptors (Lipinski definition) is 4. The fourth-order valence-electron chi connectivity index (χ4n) is 1.67. The first-order valence-corrected chi connectivity index (χ1v) is 7.21. The van der Waals surface area contributed by atoms with Crippen molar-refractivity contribution in [1.82, 2.24) is 4.90 Å². The lowest BCUT2D eigenvalue weighted by Crippen LogP contribution is -2.33. The van der Waals surface area contributed by atoms with Gasteiger partial charge in [-0.2, -0.15) is 0 Å². The van der Waals surface area contributed by atoms with Crippen molar-refractivity contribution in [3.05, 3.63) is 35.9 Å². The Morgan fingerprint density at radius 2 is 1.81 bits per heavy atom. The number of hydrogen-bond donors (Lipinski definition) is 0. The summed E-state index contributed by atoms with van der Waals surface area (Å²) < 4.78 is 10.2. The molecular weight excluding hydrogens is 270 g/mol. The van der Waals surface area contributed by atoms with Gasteiger partial charge in [-0.3, -0.25) is 4.79 Å². The molecule has 21 heavy (non-hydrogen) atoms. The molecular formula is C16H23NO4. The topological polar surface area (TPSA) is 55.8 Å². The summed E-state index contributed by atoms with van der Waals surface area (Å²) in [4.78, 5) is 24.5. The van der Waals surface area contributed by atoms with E-state index >= 15 is 0 Å². The van der Waals surface area contributed by atoms with Gasteiger partial charge in [0, 0.05) is 7.05 Å². The monoisotopic (exact) mass is 293 g/mol. The molecule has 0 bridgehead atoms. The summed E-state index contributed by atoms with van der Waals surface area (Å²) in [6, 6.07) is 9.39. The minimum absolute atomic E-state index is 0.0975. The van der Waals surface area contributed by atoms with E-state index in [-0.39, 0.29) is 13.2 Å². The minimum atomic E-state index is -0.538. The third-order valence-electron chi connectivity index (χ3n) is 2.89. The van der Waals surface area contributed by atoms with E-state index in [1.165, 1.54) is 11.9 Å². The summed E-state index contributed by atoms with van der Waals surface area (Å²) in [5.74, 6) is -0.412. The number of nitrogens with zero attached hydrogens (tertiary/aromatic N) is 1. The van der Waals surface area contributed by atoms with Crippen molar-refractivity contribution >= 4 is 12.1 Å². The highest BCUT2D eigenvalue weighted by atomic mass is 16.6. The van der Waals surface area contributed by atoms with Crippen molar-refractivity contribution in [3.63, 3.8) is 0 Å². The van der Waals surface area contributed by atoms with E-state index in [0.717, 1.165) is 24.8 Å². The van der Waals surface area contributed by atoms with Crippen molar-refractivity contribution in [1.29, 1.82) is 0 Å². The maximum absolute atomic E-state index is 11.7. The van der Waals surface area contributed by atoms with E-state index in [2.05, 4.69) is 6.92 Å². The lowest BCUT2D eigenvalue weighted by Gasteiger charge is -2.16. The number of likely N-dealkylation sites (N-methyl/N-ethyl adjacent to an activating group) is 1. The van der Waals surface area contributed by atoms with Crippen molar-refractivity contribution in [2.45, 2.75) is 32.8 Å². The number of unbranched alkanes of at least 4 members (excludes halogenated alkanes) is 2. The average molecular weight is 293 g/mol. The Morgan fingerprint density at radius 3 is 2.48 bits per heavy atom. The second kappa shape index (κ2) is 9.80. The van der Waals surface area contributed by atoms with E-state index in [1.54, 1.807) is 0 Å². The van der Waals surface area contributed by atoms with Crippen molar-refractivity contribution < 1.29 is 19.1 Å². The third-order valence-corrected chi connectivity index (χ3v) is 2.89. The molecule has 0 aliphatic carbocycles. The number of rotatable bonds is 8. The number of amides is 1. The summed E-state index contributed by atoms with van der Waals surface area (Å²) in [6.45, 7) is 2.58. The molecule has 0 unspecified atom stereocenters. The minimum Gasteiger partial charge on any atom is -0.464 e. The zero-order valence-electron chi connectivity index (χ0n) is 12.7. The summed E-state index contributed by atoms with van der Waals surface area (Å²) >= 11 is 0. The Bertz CT molecular complexity index is 433. The number of carbonyl (C=O) groups excluding carboxylic acids is 2. The van der Waals surface area contributed by atoms with Gasteiger partial charge in [0.15, 0.2) is 0 Å². The standard InChI is InChI=1S/C16H23NO4/c1-3-4-8-11-20-15(18)12-17(2)16(19)21-13-14-9-6-5-7-10-14/h5-7,9-10H,3-4,8,11-13H2,1-2H3. The van der Waals surface area contributed by atoms with Crippen molar-refractivity contribution in [2.75, 3.05) is 20.2 Å². The number of ether oxygens (including phenoxy) is 2. The molecule has 1 aromatic carbocycles. The smallest absolute Gasteiger partial charge is 0.410 e. The van der Waals surface area contributed by atoms with E-state index in [1.807, 2.05) is 30.3 Å². The lowest BCUT2D eigenvalue weighted by atomic mass is 10.2. The molecule has 0 N–H and O–H groups in total. The van der Waals surface area contributed by atoms with Crippen LogP contribution in [0, 0.1) is 0 Å². The molecule has 0 aromatic heterocycles. The largest absolute Gasteiger partial charge is 0.464 e. The first-order chi connectivity index (χ1) is 10.1. The fraction of sp³-hybridized carbons (Fsp3) is 0.500. The van der Waals surface area contributed by atoms with Crippen LogP contribution < -0.4 is 0 Å². The first-order valence-electron chi connectivity index (χ1n) is 7.21. The van der Waals surface area contributed by atoms with Crippen LogP contribution >= 0.6 is 0 Å². The highest BCUT2D eigenvalue weighted by Gasteiger charge is 2.15. The zero-order valence-corrected chi connectivity index (χ0v) is 12.7. The molecule has 0 atom stereocenters. The second-order valence-corrected chi connectivity index (χ2v) is 4.82. The van der Waals surface area contributed by atoms with Gasteiger partial charge in [-0.1, -0.05) is 50.1 Å². The molecule has 0 radical (unpaired) electrons. The average Bonchev–Trinajstić information content (AvgIpc) is 2.50. The molecule has 1 rings (SSSR count). The van der Waals surface area contributed by atoms with Crippen LogP contribution in [-0.4, -0.2) is 37.2 Å². The molecule has 1 amide bonds. The lowest BCUT2D eigenvalue weighted by molar-refractivity contribution is -0.144. The number of esters is 1. The predicted octanol–water partition coefficient (Wildman–Crippen LogP) is 2.99. The molecule has 0 saturated heterocycles. The second-order valence-electron chi connectivity index (χ2n) is 4.82. The van der Waals surface area contributed by atoms with Gasteiger partial charge < -0.3 is 14.4 Å². The van der Waals surface area contributed by atoms with Crippen molar-refractivity contribution in [3.8, 4) is 0 Å². The van der Waals surface area contributed by atoms with Gasteiger partial charge in [-0.15, -0.1) is 0 Å². The van der Waals surface area contributed by atoms with Gasteiger partial charge in [0.1, 0.15) is 13.2 Å². The third kappa shape index (κ3) is 7.34. The van der Waals surface area contributed by atoms with Crippen LogP contribution in [0.1, 0.15) is 31.7 Å². The van der Waals surface area contributed by atoms with Gasteiger partial charge in [-0.25, -0.2) is 4.79 Å². The van der Waals surface area contributed by atoms with Gasteiger partial charge in [0.25, 0.3) is 0 Å². The van der Waals surface area contributed by atoms with Gasteiger partial charge in [0.2, 0.25) is 0 Å². The quantitative estimate of drug-likeness (QED) is 0.546. The van der Waals surface area contributed by atoms with E-state index in [0.29, 0.717) is 6.61 Å². The summed E-state index contributed by atoms with van der Waals surface area (Å²) in [7, 11) is 1.51.